The number of hydrogen-bond donors (Lipinski definition) is 1. The minimum atomic E-state index is -1.07. The average Bonchev–Trinajstić information content (AvgIpc) is 3.50. The van der Waals surface area contributed by atoms with Crippen molar-refractivity contribution in [1.82, 2.24) is 15.2 Å². The zero-order valence-electron chi connectivity index (χ0n) is 14.7. The van der Waals surface area contributed by atoms with Gasteiger partial charge >= 0.3 is 6.03 Å². The molecule has 1 aromatic rings. The van der Waals surface area contributed by atoms with Gasteiger partial charge in [-0.3, -0.25) is 4.98 Å². The van der Waals surface area contributed by atoms with Crippen LogP contribution in [0.1, 0.15) is 38.3 Å². The summed E-state index contributed by atoms with van der Waals surface area (Å²) in [4.78, 5) is 19.1. The van der Waals surface area contributed by atoms with Crippen LogP contribution in [0.2, 0.25) is 0 Å². The standard InChI is InChI=1S/C18H27N3O3/c1-13(14-7-8-14)21(15-9-10-15)17(22)20-12-18(23-2,24-3)16-6-4-5-11-19-16/h4-6,11,13-15H,7-10,12H2,1-3H3,(H,20,22). The normalized spacial score (nSPS) is 19.0. The Balaban J connectivity index is 1.68. The lowest BCUT2D eigenvalue weighted by molar-refractivity contribution is -0.213. The van der Waals surface area contributed by atoms with Crippen molar-refractivity contribution in [3.05, 3.63) is 30.1 Å². The highest BCUT2D eigenvalue weighted by atomic mass is 16.7. The van der Waals surface area contributed by atoms with Gasteiger partial charge < -0.3 is 19.7 Å². The van der Waals surface area contributed by atoms with E-state index in [4.69, 9.17) is 9.47 Å². The molecular weight excluding hydrogens is 306 g/mol. The van der Waals surface area contributed by atoms with Gasteiger partial charge in [0.25, 0.3) is 0 Å². The predicted molar refractivity (Wildman–Crippen MR) is 90.4 cm³/mol. The molecule has 1 aromatic heterocycles. The average molecular weight is 333 g/mol. The summed E-state index contributed by atoms with van der Waals surface area (Å²) in [5.74, 6) is -0.420. The number of nitrogens with zero attached hydrogens (tertiary/aromatic N) is 2. The summed E-state index contributed by atoms with van der Waals surface area (Å²) < 4.78 is 11.2. The van der Waals surface area contributed by atoms with Crippen molar-refractivity contribution in [1.29, 1.82) is 0 Å². The van der Waals surface area contributed by atoms with E-state index in [1.807, 2.05) is 23.1 Å². The highest BCUT2D eigenvalue weighted by Crippen LogP contribution is 2.39. The predicted octanol–water partition coefficient (Wildman–Crippen LogP) is 2.50. The van der Waals surface area contributed by atoms with E-state index < -0.39 is 5.79 Å². The van der Waals surface area contributed by atoms with E-state index in [9.17, 15) is 4.79 Å². The molecule has 0 aliphatic heterocycles. The fourth-order valence-electron chi connectivity index (χ4n) is 3.24. The molecule has 2 amide bonds. The van der Waals surface area contributed by atoms with Gasteiger partial charge in [-0.25, -0.2) is 4.79 Å². The first-order valence-electron chi connectivity index (χ1n) is 8.69. The number of amides is 2. The minimum Gasteiger partial charge on any atom is -0.347 e. The fourth-order valence-corrected chi connectivity index (χ4v) is 3.24. The van der Waals surface area contributed by atoms with Crippen LogP contribution in [0.4, 0.5) is 4.79 Å². The number of rotatable bonds is 8. The van der Waals surface area contributed by atoms with Gasteiger partial charge in [0.05, 0.1) is 6.54 Å². The van der Waals surface area contributed by atoms with Crippen molar-refractivity contribution in [2.75, 3.05) is 20.8 Å². The Bertz CT molecular complexity index is 554. The molecule has 0 radical (unpaired) electrons. The molecule has 0 spiro atoms. The van der Waals surface area contributed by atoms with Crippen LogP contribution in [0, 0.1) is 5.92 Å². The second-order valence-corrected chi connectivity index (χ2v) is 6.75. The number of nitrogens with one attached hydrogen (secondary N) is 1. The molecule has 2 fully saturated rings. The van der Waals surface area contributed by atoms with Crippen molar-refractivity contribution >= 4 is 6.03 Å². The lowest BCUT2D eigenvalue weighted by atomic mass is 10.1. The highest BCUT2D eigenvalue weighted by molar-refractivity contribution is 5.75. The fraction of sp³-hybridized carbons (Fsp3) is 0.667. The molecule has 6 heteroatoms. The van der Waals surface area contributed by atoms with Gasteiger partial charge in [0, 0.05) is 32.5 Å². The van der Waals surface area contributed by atoms with Crippen molar-refractivity contribution in [3.8, 4) is 0 Å². The van der Waals surface area contributed by atoms with Crippen molar-refractivity contribution in [2.24, 2.45) is 5.92 Å². The summed E-state index contributed by atoms with van der Waals surface area (Å²) in [5.41, 5.74) is 0.642. The second-order valence-electron chi connectivity index (χ2n) is 6.75. The van der Waals surface area contributed by atoms with Gasteiger partial charge in [-0.1, -0.05) is 6.07 Å². The summed E-state index contributed by atoms with van der Waals surface area (Å²) in [5, 5.41) is 3.01. The number of aromatic nitrogens is 1. The van der Waals surface area contributed by atoms with Crippen LogP contribution in [0.5, 0.6) is 0 Å². The van der Waals surface area contributed by atoms with E-state index in [2.05, 4.69) is 17.2 Å². The Labute approximate surface area is 143 Å². The molecule has 3 rings (SSSR count). The van der Waals surface area contributed by atoms with Gasteiger partial charge in [-0.05, 0) is 50.7 Å². The number of ether oxygens (including phenoxy) is 2. The first kappa shape index (κ1) is 17.2. The Morgan fingerprint density at radius 1 is 1.33 bits per heavy atom. The Morgan fingerprint density at radius 3 is 2.54 bits per heavy atom. The summed E-state index contributed by atoms with van der Waals surface area (Å²) in [7, 11) is 3.13. The molecule has 1 unspecified atom stereocenters. The molecule has 0 aromatic carbocycles. The lowest BCUT2D eigenvalue weighted by Gasteiger charge is -2.34. The van der Waals surface area contributed by atoms with Gasteiger partial charge in [0.2, 0.25) is 5.79 Å². The van der Waals surface area contributed by atoms with Crippen LogP contribution < -0.4 is 5.32 Å². The largest absolute Gasteiger partial charge is 0.347 e. The van der Waals surface area contributed by atoms with E-state index in [0.29, 0.717) is 23.7 Å². The third kappa shape index (κ3) is 3.54. The maximum Gasteiger partial charge on any atom is 0.318 e. The Kier molecular flexibility index (Phi) is 5.06. The monoisotopic (exact) mass is 333 g/mol. The smallest absolute Gasteiger partial charge is 0.318 e. The number of hydrogen-bond acceptors (Lipinski definition) is 4. The van der Waals surface area contributed by atoms with Gasteiger partial charge in [-0.15, -0.1) is 0 Å². The third-order valence-corrected chi connectivity index (χ3v) is 5.10. The molecule has 2 saturated carbocycles. The first-order valence-corrected chi connectivity index (χ1v) is 8.69. The van der Waals surface area contributed by atoms with E-state index >= 15 is 0 Å². The summed E-state index contributed by atoms with van der Waals surface area (Å²) in [6.45, 7) is 2.38. The molecule has 6 nitrogen and oxygen atoms in total. The van der Waals surface area contributed by atoms with E-state index in [0.717, 1.165) is 12.8 Å². The molecule has 0 saturated heterocycles. The zero-order chi connectivity index (χ0) is 17.2. The number of urea groups is 1. The molecule has 1 N–H and O–H groups in total. The van der Waals surface area contributed by atoms with Crippen LogP contribution in [-0.2, 0) is 15.3 Å². The SMILES string of the molecule is COC(CNC(=O)N(C1CC1)C(C)C1CC1)(OC)c1ccccn1. The molecule has 1 atom stereocenters. The van der Waals surface area contributed by atoms with Crippen molar-refractivity contribution in [3.63, 3.8) is 0 Å². The minimum absolute atomic E-state index is 0.0358. The second kappa shape index (κ2) is 7.07. The van der Waals surface area contributed by atoms with Gasteiger partial charge in [-0.2, -0.15) is 0 Å². The maximum absolute atomic E-state index is 12.8. The van der Waals surface area contributed by atoms with Crippen LogP contribution in [0.15, 0.2) is 24.4 Å². The molecule has 0 bridgehead atoms. The zero-order valence-corrected chi connectivity index (χ0v) is 14.7. The summed E-state index contributed by atoms with van der Waals surface area (Å²) in [6.07, 6.45) is 6.35. The van der Waals surface area contributed by atoms with Gasteiger partial charge in [0.15, 0.2) is 0 Å². The van der Waals surface area contributed by atoms with Crippen LogP contribution >= 0.6 is 0 Å². The molecular formula is C18H27N3O3. The molecule has 1 heterocycles. The number of carbonyl (C=O) groups is 1. The highest BCUT2D eigenvalue weighted by Gasteiger charge is 2.43. The quantitative estimate of drug-likeness (QED) is 0.743. The first-order chi connectivity index (χ1) is 11.6. The topological polar surface area (TPSA) is 63.7 Å². The van der Waals surface area contributed by atoms with Crippen molar-refractivity contribution in [2.45, 2.75) is 50.5 Å². The summed E-state index contributed by atoms with van der Waals surface area (Å²) >= 11 is 0. The van der Waals surface area contributed by atoms with Crippen LogP contribution in [0.3, 0.4) is 0 Å². The molecule has 24 heavy (non-hydrogen) atoms. The molecule has 132 valence electrons. The van der Waals surface area contributed by atoms with Crippen LogP contribution in [-0.4, -0.2) is 48.8 Å². The number of carbonyl (C=O) groups excluding carboxylic acids is 1. The molecule has 2 aliphatic rings. The van der Waals surface area contributed by atoms with Crippen molar-refractivity contribution < 1.29 is 14.3 Å². The summed E-state index contributed by atoms with van der Waals surface area (Å²) in [6, 6.07) is 6.20. The lowest BCUT2D eigenvalue weighted by Crippen LogP contribution is -2.52. The van der Waals surface area contributed by atoms with E-state index in [-0.39, 0.29) is 12.6 Å². The van der Waals surface area contributed by atoms with Crippen LogP contribution in [0.25, 0.3) is 0 Å². The van der Waals surface area contributed by atoms with E-state index in [1.165, 1.54) is 12.8 Å². The van der Waals surface area contributed by atoms with Gasteiger partial charge in [0.1, 0.15) is 5.69 Å². The Morgan fingerprint density at radius 2 is 2.04 bits per heavy atom. The number of methoxy groups -OCH3 is 2. The number of pyridine rings is 1. The third-order valence-electron chi connectivity index (χ3n) is 5.10. The van der Waals surface area contributed by atoms with E-state index in [1.54, 1.807) is 20.4 Å². The Hall–Kier alpha value is -1.66. The molecule has 2 aliphatic carbocycles. The maximum atomic E-state index is 12.8.